The van der Waals surface area contributed by atoms with E-state index in [9.17, 15) is 14.9 Å². The number of non-ortho nitro benzene ring substituents is 1. The van der Waals surface area contributed by atoms with Gasteiger partial charge in [0.2, 0.25) is 0 Å². The number of rotatable bonds is 8. The molecule has 1 atom stereocenters. The SMILES string of the molecule is CCc1ccc(N[C@H]2NC(=O)/C(=C/c3ccc(OCc4cccc([N+](=O)[O-])c4)cc3)S2)cc1. The smallest absolute Gasteiger partial charge is 0.269 e. The zero-order valence-electron chi connectivity index (χ0n) is 18.0. The third kappa shape index (κ3) is 5.93. The van der Waals surface area contributed by atoms with Crippen LogP contribution in [0, 0.1) is 10.1 Å². The second-order valence-electron chi connectivity index (χ2n) is 7.46. The zero-order chi connectivity index (χ0) is 23.2. The fourth-order valence-electron chi connectivity index (χ4n) is 3.29. The number of amides is 1. The lowest BCUT2D eigenvalue weighted by molar-refractivity contribution is -0.384. The van der Waals surface area contributed by atoms with E-state index in [1.165, 1.54) is 29.5 Å². The summed E-state index contributed by atoms with van der Waals surface area (Å²) in [4.78, 5) is 23.5. The van der Waals surface area contributed by atoms with Crippen molar-refractivity contribution in [2.75, 3.05) is 5.32 Å². The quantitative estimate of drug-likeness (QED) is 0.267. The number of anilines is 1. The van der Waals surface area contributed by atoms with Gasteiger partial charge in [-0.3, -0.25) is 14.9 Å². The van der Waals surface area contributed by atoms with Crippen LogP contribution in [0.4, 0.5) is 11.4 Å². The molecule has 0 bridgehead atoms. The minimum Gasteiger partial charge on any atom is -0.489 e. The van der Waals surface area contributed by atoms with Crippen molar-refractivity contribution < 1.29 is 14.5 Å². The monoisotopic (exact) mass is 461 g/mol. The van der Waals surface area contributed by atoms with Crippen LogP contribution in [0.1, 0.15) is 23.6 Å². The van der Waals surface area contributed by atoms with Crippen LogP contribution < -0.4 is 15.4 Å². The molecule has 4 rings (SSSR count). The summed E-state index contributed by atoms with van der Waals surface area (Å²) in [5.41, 5.74) is 3.63. The third-order valence-electron chi connectivity index (χ3n) is 5.10. The lowest BCUT2D eigenvalue weighted by atomic mass is 10.1. The van der Waals surface area contributed by atoms with E-state index in [1.807, 2.05) is 42.5 Å². The summed E-state index contributed by atoms with van der Waals surface area (Å²) in [7, 11) is 0. The summed E-state index contributed by atoms with van der Waals surface area (Å²) < 4.78 is 5.74. The number of thioether (sulfide) groups is 1. The predicted molar refractivity (Wildman–Crippen MR) is 131 cm³/mol. The summed E-state index contributed by atoms with van der Waals surface area (Å²) in [5, 5.41) is 17.1. The molecule has 0 saturated carbocycles. The molecule has 1 aliphatic heterocycles. The number of hydrogen-bond acceptors (Lipinski definition) is 6. The Labute approximate surface area is 196 Å². The van der Waals surface area contributed by atoms with Gasteiger partial charge in [0.05, 0.1) is 9.83 Å². The molecular weight excluding hydrogens is 438 g/mol. The molecular formula is C25H23N3O4S. The van der Waals surface area contributed by atoms with Gasteiger partial charge < -0.3 is 15.4 Å². The number of ether oxygens (including phenoxy) is 1. The number of nitro groups is 1. The van der Waals surface area contributed by atoms with Gasteiger partial charge in [0, 0.05) is 17.8 Å². The second-order valence-corrected chi connectivity index (χ2v) is 8.61. The number of carbonyl (C=O) groups is 1. The summed E-state index contributed by atoms with van der Waals surface area (Å²) in [6, 6.07) is 21.9. The van der Waals surface area contributed by atoms with E-state index in [1.54, 1.807) is 12.1 Å². The average molecular weight is 462 g/mol. The highest BCUT2D eigenvalue weighted by molar-refractivity contribution is 8.05. The Morgan fingerprint density at radius 3 is 2.55 bits per heavy atom. The van der Waals surface area contributed by atoms with Crippen molar-refractivity contribution in [2.45, 2.75) is 25.4 Å². The van der Waals surface area contributed by atoms with Crippen molar-refractivity contribution in [3.05, 3.63) is 105 Å². The van der Waals surface area contributed by atoms with Crippen LogP contribution in [-0.4, -0.2) is 16.3 Å². The van der Waals surface area contributed by atoms with Crippen LogP contribution in [0.2, 0.25) is 0 Å². The highest BCUT2D eigenvalue weighted by Gasteiger charge is 2.27. The Morgan fingerprint density at radius 1 is 1.09 bits per heavy atom. The van der Waals surface area contributed by atoms with E-state index >= 15 is 0 Å². The standard InChI is InChI=1S/C25H23N3O4S/c1-2-17-6-10-20(11-7-17)26-25-27-24(29)23(33-25)15-18-8-12-22(13-9-18)32-16-19-4-3-5-21(14-19)28(30)31/h3-15,25-26H,2,16H2,1H3,(H,27,29)/b23-15-/t25-/m0/s1. The second kappa shape index (κ2) is 10.2. The maximum absolute atomic E-state index is 12.4. The van der Waals surface area contributed by atoms with Gasteiger partial charge in [-0.1, -0.05) is 55.1 Å². The van der Waals surface area contributed by atoms with Crippen LogP contribution in [0.25, 0.3) is 6.08 Å². The van der Waals surface area contributed by atoms with Gasteiger partial charge in [0.25, 0.3) is 11.6 Å². The van der Waals surface area contributed by atoms with E-state index in [-0.39, 0.29) is 23.7 Å². The van der Waals surface area contributed by atoms with Crippen molar-refractivity contribution in [3.8, 4) is 5.75 Å². The van der Waals surface area contributed by atoms with Gasteiger partial charge in [-0.2, -0.15) is 0 Å². The highest BCUT2D eigenvalue weighted by Crippen LogP contribution is 2.30. The van der Waals surface area contributed by atoms with E-state index in [0.717, 1.165) is 23.2 Å². The van der Waals surface area contributed by atoms with Gasteiger partial charge in [-0.25, -0.2) is 0 Å². The van der Waals surface area contributed by atoms with Crippen molar-refractivity contribution in [3.63, 3.8) is 0 Å². The number of carbonyl (C=O) groups excluding carboxylic acids is 1. The Bertz CT molecular complexity index is 1180. The fraction of sp³-hybridized carbons (Fsp3) is 0.160. The predicted octanol–water partition coefficient (Wildman–Crippen LogP) is 5.34. The molecule has 3 aromatic carbocycles. The minimum atomic E-state index is -0.425. The molecule has 8 heteroatoms. The lowest BCUT2D eigenvalue weighted by Gasteiger charge is -2.12. The molecule has 0 unspecified atom stereocenters. The largest absolute Gasteiger partial charge is 0.489 e. The number of nitro benzene ring substituents is 1. The Balaban J connectivity index is 1.34. The molecule has 0 aliphatic carbocycles. The van der Waals surface area contributed by atoms with E-state index in [2.05, 4.69) is 29.7 Å². The van der Waals surface area contributed by atoms with Crippen LogP contribution in [0.3, 0.4) is 0 Å². The molecule has 0 radical (unpaired) electrons. The molecule has 1 fully saturated rings. The molecule has 1 aliphatic rings. The zero-order valence-corrected chi connectivity index (χ0v) is 18.8. The molecule has 168 valence electrons. The Kier molecular flexibility index (Phi) is 6.95. The maximum atomic E-state index is 12.4. The molecule has 1 saturated heterocycles. The lowest BCUT2D eigenvalue weighted by Crippen LogP contribution is -2.30. The average Bonchev–Trinajstić information content (AvgIpc) is 3.17. The summed E-state index contributed by atoms with van der Waals surface area (Å²) in [6.07, 6.45) is 2.83. The molecule has 2 N–H and O–H groups in total. The van der Waals surface area contributed by atoms with E-state index in [4.69, 9.17) is 4.74 Å². The van der Waals surface area contributed by atoms with Crippen molar-refractivity contribution in [2.24, 2.45) is 0 Å². The van der Waals surface area contributed by atoms with Crippen LogP contribution >= 0.6 is 11.8 Å². The molecule has 33 heavy (non-hydrogen) atoms. The molecule has 1 heterocycles. The molecule has 7 nitrogen and oxygen atoms in total. The van der Waals surface area contributed by atoms with Crippen molar-refractivity contribution >= 4 is 35.1 Å². The summed E-state index contributed by atoms with van der Waals surface area (Å²) >= 11 is 1.44. The van der Waals surface area contributed by atoms with Gasteiger partial charge >= 0.3 is 0 Å². The Hall–Kier alpha value is -3.78. The Morgan fingerprint density at radius 2 is 1.85 bits per heavy atom. The number of benzene rings is 3. The van der Waals surface area contributed by atoms with E-state index in [0.29, 0.717) is 10.7 Å². The molecule has 0 aromatic heterocycles. The van der Waals surface area contributed by atoms with Crippen LogP contribution in [0.5, 0.6) is 5.75 Å². The molecule has 1 amide bonds. The van der Waals surface area contributed by atoms with Crippen molar-refractivity contribution in [1.29, 1.82) is 0 Å². The van der Waals surface area contributed by atoms with Crippen molar-refractivity contribution in [1.82, 2.24) is 5.32 Å². The topological polar surface area (TPSA) is 93.5 Å². The number of hydrogen-bond donors (Lipinski definition) is 2. The number of aryl methyl sites for hydroxylation is 1. The maximum Gasteiger partial charge on any atom is 0.269 e. The third-order valence-corrected chi connectivity index (χ3v) is 6.12. The highest BCUT2D eigenvalue weighted by atomic mass is 32.2. The first-order chi connectivity index (χ1) is 16.0. The first kappa shape index (κ1) is 22.4. The first-order valence-corrected chi connectivity index (χ1v) is 11.4. The fourth-order valence-corrected chi connectivity index (χ4v) is 4.28. The van der Waals surface area contributed by atoms with Crippen LogP contribution in [-0.2, 0) is 17.8 Å². The number of nitrogens with one attached hydrogen (secondary N) is 2. The van der Waals surface area contributed by atoms with E-state index < -0.39 is 4.92 Å². The van der Waals surface area contributed by atoms with Gasteiger partial charge in [-0.05, 0) is 53.5 Å². The minimum absolute atomic E-state index is 0.0381. The molecule has 0 spiro atoms. The molecule has 3 aromatic rings. The number of nitrogens with zero attached hydrogens (tertiary/aromatic N) is 1. The van der Waals surface area contributed by atoms with Gasteiger partial charge in [-0.15, -0.1) is 0 Å². The summed E-state index contributed by atoms with van der Waals surface area (Å²) in [6.45, 7) is 2.34. The first-order valence-electron chi connectivity index (χ1n) is 10.5. The van der Waals surface area contributed by atoms with Gasteiger partial charge in [0.15, 0.2) is 5.50 Å². The normalized spacial score (nSPS) is 16.5. The van der Waals surface area contributed by atoms with Gasteiger partial charge in [0.1, 0.15) is 12.4 Å². The summed E-state index contributed by atoms with van der Waals surface area (Å²) in [5.74, 6) is 0.524. The van der Waals surface area contributed by atoms with Crippen LogP contribution in [0.15, 0.2) is 77.7 Å².